The van der Waals surface area contributed by atoms with Crippen LogP contribution in [0.1, 0.15) is 30.2 Å². The highest BCUT2D eigenvalue weighted by Crippen LogP contribution is 2.35. The smallest absolute Gasteiger partial charge is 0.286 e. The van der Waals surface area contributed by atoms with Gasteiger partial charge in [-0.1, -0.05) is 19.1 Å². The van der Waals surface area contributed by atoms with Gasteiger partial charge < -0.3 is 0 Å². The fourth-order valence-corrected chi connectivity index (χ4v) is 3.07. The van der Waals surface area contributed by atoms with E-state index in [-0.39, 0.29) is 5.82 Å². The average molecular weight is 282 g/mol. The van der Waals surface area contributed by atoms with Gasteiger partial charge in [0.05, 0.1) is 0 Å². The summed E-state index contributed by atoms with van der Waals surface area (Å²) < 4.78 is 13.2. The van der Waals surface area contributed by atoms with Crippen LogP contribution >= 0.6 is 0 Å². The lowest BCUT2D eigenvalue weighted by molar-refractivity contribution is -0.375. The number of nitrogen functional groups attached to an aromatic ring is 1. The van der Waals surface area contributed by atoms with Crippen molar-refractivity contribution in [3.8, 4) is 17.2 Å². The van der Waals surface area contributed by atoms with Crippen molar-refractivity contribution in [2.75, 3.05) is 5.73 Å². The van der Waals surface area contributed by atoms with E-state index in [4.69, 9.17) is 5.73 Å². The van der Waals surface area contributed by atoms with Gasteiger partial charge in [0.15, 0.2) is 0 Å². The lowest BCUT2D eigenvalue weighted by atomic mass is 9.82. The summed E-state index contributed by atoms with van der Waals surface area (Å²) in [5.41, 5.74) is 10.4. The zero-order valence-electron chi connectivity index (χ0n) is 11.9. The summed E-state index contributed by atoms with van der Waals surface area (Å²) in [7, 11) is 0. The number of anilines is 1. The van der Waals surface area contributed by atoms with E-state index in [1.807, 2.05) is 0 Å². The summed E-state index contributed by atoms with van der Waals surface area (Å²) >= 11 is 0. The van der Waals surface area contributed by atoms with Crippen molar-refractivity contribution in [1.82, 2.24) is 0 Å². The van der Waals surface area contributed by atoms with Gasteiger partial charge in [-0.15, -0.1) is 0 Å². The van der Waals surface area contributed by atoms with Crippen molar-refractivity contribution in [3.63, 3.8) is 0 Å². The molecule has 2 aromatic rings. The summed E-state index contributed by atoms with van der Waals surface area (Å²) in [5, 5.41) is 9.46. The molecule has 0 saturated carbocycles. The molecule has 3 rings (SSSR count). The number of pyridine rings is 1. The highest BCUT2D eigenvalue weighted by Gasteiger charge is 2.27. The summed E-state index contributed by atoms with van der Waals surface area (Å²) in [5.74, 6) is 0.681. The van der Waals surface area contributed by atoms with Crippen LogP contribution in [0.3, 0.4) is 0 Å². The Morgan fingerprint density at radius 1 is 1.33 bits per heavy atom. The minimum absolute atomic E-state index is 0.282. The number of rotatable bonds is 1. The molecule has 0 bridgehead atoms. The maximum atomic E-state index is 13.2. The molecule has 21 heavy (non-hydrogen) atoms. The molecule has 1 aromatic carbocycles. The number of aromatic amines is 1. The third-order valence-corrected chi connectivity index (χ3v) is 4.16. The van der Waals surface area contributed by atoms with E-state index >= 15 is 0 Å². The zero-order valence-corrected chi connectivity index (χ0v) is 11.9. The quantitative estimate of drug-likeness (QED) is 0.874. The Labute approximate surface area is 123 Å². The molecule has 0 unspecified atom stereocenters. The molecule has 1 atom stereocenters. The van der Waals surface area contributed by atoms with Crippen LogP contribution in [0.4, 0.5) is 10.2 Å². The van der Waals surface area contributed by atoms with Gasteiger partial charge in [0.1, 0.15) is 23.1 Å². The van der Waals surface area contributed by atoms with Crippen molar-refractivity contribution in [2.45, 2.75) is 26.2 Å². The van der Waals surface area contributed by atoms with Gasteiger partial charge in [-0.05, 0) is 36.5 Å². The molecule has 1 heterocycles. The van der Waals surface area contributed by atoms with Gasteiger partial charge in [0.2, 0.25) is 0 Å². The van der Waals surface area contributed by atoms with Crippen molar-refractivity contribution in [3.05, 3.63) is 46.9 Å². The minimum Gasteiger partial charge on any atom is -0.286 e. The van der Waals surface area contributed by atoms with E-state index in [0.717, 1.165) is 41.6 Å². The molecule has 0 spiro atoms. The van der Waals surface area contributed by atoms with E-state index in [0.29, 0.717) is 17.3 Å². The number of nitrogens with one attached hydrogen (secondary N) is 1. The van der Waals surface area contributed by atoms with Crippen molar-refractivity contribution in [1.29, 1.82) is 5.26 Å². The molecule has 0 fully saturated rings. The lowest BCUT2D eigenvalue weighted by Gasteiger charge is -2.23. The first-order chi connectivity index (χ1) is 10.1. The number of nitrogens with zero attached hydrogens (tertiary/aromatic N) is 1. The van der Waals surface area contributed by atoms with Crippen LogP contribution in [0.5, 0.6) is 0 Å². The second-order valence-electron chi connectivity index (χ2n) is 5.71. The topological polar surface area (TPSA) is 63.9 Å². The van der Waals surface area contributed by atoms with Crippen molar-refractivity contribution < 1.29 is 9.37 Å². The van der Waals surface area contributed by atoms with Crippen LogP contribution in [-0.4, -0.2) is 0 Å². The number of nitrogens with two attached hydrogens (primary N) is 1. The van der Waals surface area contributed by atoms with Crippen LogP contribution in [0.25, 0.3) is 11.1 Å². The Hall–Kier alpha value is -2.41. The number of aryl methyl sites for hydroxylation is 1. The van der Waals surface area contributed by atoms with Gasteiger partial charge in [0, 0.05) is 17.5 Å². The lowest BCUT2D eigenvalue weighted by Crippen LogP contribution is -2.26. The number of benzene rings is 1. The molecular weight excluding hydrogens is 265 g/mol. The number of halogens is 1. The van der Waals surface area contributed by atoms with Crippen LogP contribution in [0, 0.1) is 23.1 Å². The van der Waals surface area contributed by atoms with Crippen LogP contribution < -0.4 is 10.7 Å². The predicted molar refractivity (Wildman–Crippen MR) is 78.7 cm³/mol. The van der Waals surface area contributed by atoms with Crippen molar-refractivity contribution >= 4 is 5.82 Å². The fraction of sp³-hybridized carbons (Fsp3) is 0.294. The second-order valence-corrected chi connectivity index (χ2v) is 5.71. The number of fused-ring (bicyclic) bond motifs is 1. The van der Waals surface area contributed by atoms with E-state index in [1.54, 1.807) is 12.1 Å². The van der Waals surface area contributed by atoms with Gasteiger partial charge in [-0.2, -0.15) is 5.26 Å². The minimum atomic E-state index is -0.282. The van der Waals surface area contributed by atoms with Crippen LogP contribution in [0.15, 0.2) is 24.3 Å². The van der Waals surface area contributed by atoms with Crippen molar-refractivity contribution in [2.24, 2.45) is 5.92 Å². The van der Waals surface area contributed by atoms with Crippen LogP contribution in [0.2, 0.25) is 0 Å². The van der Waals surface area contributed by atoms with E-state index in [9.17, 15) is 9.65 Å². The normalized spacial score (nSPS) is 17.1. The van der Waals surface area contributed by atoms with Gasteiger partial charge in [-0.25, -0.2) is 9.37 Å². The number of aromatic nitrogens is 1. The Kier molecular flexibility index (Phi) is 3.34. The maximum absolute atomic E-state index is 13.2. The fourth-order valence-electron chi connectivity index (χ4n) is 3.07. The van der Waals surface area contributed by atoms with Crippen LogP contribution in [-0.2, 0) is 12.8 Å². The molecule has 4 heteroatoms. The Bertz CT molecular complexity index is 729. The molecule has 1 aliphatic carbocycles. The van der Waals surface area contributed by atoms with E-state index in [1.165, 1.54) is 12.1 Å². The molecule has 0 saturated heterocycles. The molecular formula is C17H17FN3+. The standard InChI is InChI=1S/C17H16FN3/c1-10-2-7-15-13(8-10)16(14(9-19)17(20)21-15)11-3-5-12(18)6-4-11/h3-6,10H,2,7-8H2,1H3,(H2,20,21)/p+1/t10-/m1/s1. The number of hydrogen-bond acceptors (Lipinski definition) is 2. The largest absolute Gasteiger partial charge is 0.289 e. The third-order valence-electron chi connectivity index (χ3n) is 4.16. The monoisotopic (exact) mass is 282 g/mol. The van der Waals surface area contributed by atoms with E-state index < -0.39 is 0 Å². The first-order valence-electron chi connectivity index (χ1n) is 7.12. The Morgan fingerprint density at radius 3 is 2.71 bits per heavy atom. The molecule has 106 valence electrons. The predicted octanol–water partition coefficient (Wildman–Crippen LogP) is 2.89. The average Bonchev–Trinajstić information content (AvgIpc) is 2.47. The molecule has 0 amide bonds. The third kappa shape index (κ3) is 2.36. The summed E-state index contributed by atoms with van der Waals surface area (Å²) in [6.07, 6.45) is 2.95. The Morgan fingerprint density at radius 2 is 2.05 bits per heavy atom. The van der Waals surface area contributed by atoms with Gasteiger partial charge in [-0.3, -0.25) is 5.73 Å². The summed E-state index contributed by atoms with van der Waals surface area (Å²) in [6.45, 7) is 2.21. The molecule has 1 aromatic heterocycles. The maximum Gasteiger partial charge on any atom is 0.289 e. The SMILES string of the molecule is C[C@@H]1CCc2[nH+]c(N)c(C#N)c(-c3ccc(F)cc3)c2C1. The van der Waals surface area contributed by atoms with E-state index in [2.05, 4.69) is 18.0 Å². The highest BCUT2D eigenvalue weighted by atomic mass is 19.1. The zero-order chi connectivity index (χ0) is 15.0. The summed E-state index contributed by atoms with van der Waals surface area (Å²) in [4.78, 5) is 3.17. The first-order valence-corrected chi connectivity index (χ1v) is 7.12. The number of nitriles is 1. The molecule has 0 aliphatic heterocycles. The molecule has 0 radical (unpaired) electrons. The second kappa shape index (κ2) is 5.17. The van der Waals surface area contributed by atoms with Gasteiger partial charge in [0.25, 0.3) is 5.82 Å². The first kappa shape index (κ1) is 13.6. The summed E-state index contributed by atoms with van der Waals surface area (Å²) in [6, 6.07) is 8.45. The molecule has 1 aliphatic rings. The number of hydrogen-bond donors (Lipinski definition) is 1. The highest BCUT2D eigenvalue weighted by molar-refractivity contribution is 5.77. The number of H-pyrrole nitrogens is 1. The Balaban J connectivity index is 2.28. The molecule has 3 N–H and O–H groups in total. The van der Waals surface area contributed by atoms with Gasteiger partial charge >= 0.3 is 0 Å². The molecule has 3 nitrogen and oxygen atoms in total.